The minimum absolute atomic E-state index is 0.0827. The van der Waals surface area contributed by atoms with E-state index in [9.17, 15) is 30.0 Å². The molecule has 0 spiro atoms. The third-order valence-electron chi connectivity index (χ3n) is 10.2. The molecule has 0 aromatic rings. The minimum Gasteiger partial charge on any atom is -0.459 e. The van der Waals surface area contributed by atoms with Crippen molar-refractivity contribution in [2.45, 2.75) is 122 Å². The summed E-state index contributed by atoms with van der Waals surface area (Å²) in [5.41, 5.74) is -4.46. The van der Waals surface area contributed by atoms with Gasteiger partial charge >= 0.3 is 5.97 Å². The maximum Gasteiger partial charge on any atom is 0.306 e. The van der Waals surface area contributed by atoms with Gasteiger partial charge in [-0.3, -0.25) is 9.59 Å². The molecule has 0 aromatic heterocycles. The molecule has 7 heteroatoms. The lowest BCUT2D eigenvalue weighted by Gasteiger charge is -2.70. The topological polar surface area (TPSA) is 124 Å². The van der Waals surface area contributed by atoms with Crippen molar-refractivity contribution in [1.82, 2.24) is 0 Å². The summed E-state index contributed by atoms with van der Waals surface area (Å²) in [5.74, 6) is -3.68. The first-order chi connectivity index (χ1) is 17.8. The summed E-state index contributed by atoms with van der Waals surface area (Å²) in [5, 5.41) is 46.5. The molecular weight excluding hydrogens is 484 g/mol. The van der Waals surface area contributed by atoms with Crippen molar-refractivity contribution in [2.24, 2.45) is 29.1 Å². The molecule has 4 aliphatic rings. The number of ketones is 1. The Kier molecular flexibility index (Phi) is 8.10. The molecule has 4 N–H and O–H groups in total. The molecule has 0 saturated heterocycles. The molecule has 2 saturated carbocycles. The third kappa shape index (κ3) is 4.51. The first-order valence-electron chi connectivity index (χ1n) is 14.7. The summed E-state index contributed by atoms with van der Waals surface area (Å²) < 4.78 is 6.02. The van der Waals surface area contributed by atoms with Crippen LogP contribution >= 0.6 is 0 Å². The Morgan fingerprint density at radius 1 is 1.05 bits per heavy atom. The fraction of sp³-hybridized carbons (Fsp3) is 0.806. The predicted molar refractivity (Wildman–Crippen MR) is 144 cm³/mol. The fourth-order valence-corrected chi connectivity index (χ4v) is 8.59. The van der Waals surface area contributed by atoms with E-state index in [1.54, 1.807) is 26.0 Å². The van der Waals surface area contributed by atoms with Crippen molar-refractivity contribution in [1.29, 1.82) is 0 Å². The van der Waals surface area contributed by atoms with Crippen LogP contribution in [0.5, 0.6) is 0 Å². The Labute approximate surface area is 227 Å². The van der Waals surface area contributed by atoms with Crippen molar-refractivity contribution < 1.29 is 34.8 Å². The highest BCUT2D eigenvalue weighted by Crippen LogP contribution is 2.69. The smallest absolute Gasteiger partial charge is 0.306 e. The second-order valence-corrected chi connectivity index (χ2v) is 13.4. The standard InChI is InChI=1S/C31H48O7/c1-6-7-8-9-10-11-12-13-24(33)38-27-20(3)31(37)22(25-28(4,5)18-30(25,27)36)15-21(17-32)16-29(35)23(31)14-19(2)26(29)34/h14-15,20,22-23,25,27,32,35-37H,6-13,16-18H2,1-5H3/t20-,22+,23?,25-,27?,29-,30-,31-/m1/s1. The molecule has 4 rings (SSSR count). The van der Waals surface area contributed by atoms with Gasteiger partial charge in [-0.15, -0.1) is 0 Å². The number of hydrogen-bond donors (Lipinski definition) is 4. The summed E-state index contributed by atoms with van der Waals surface area (Å²) in [6, 6.07) is 0. The average molecular weight is 533 g/mol. The summed E-state index contributed by atoms with van der Waals surface area (Å²) in [6.07, 6.45) is 10.5. The predicted octanol–water partition coefficient (Wildman–Crippen LogP) is 4.01. The van der Waals surface area contributed by atoms with E-state index in [1.807, 2.05) is 13.8 Å². The third-order valence-corrected chi connectivity index (χ3v) is 10.2. The quantitative estimate of drug-likeness (QED) is 0.190. The van der Waals surface area contributed by atoms with Crippen molar-refractivity contribution >= 4 is 11.8 Å². The number of carbonyl (C=O) groups is 2. The van der Waals surface area contributed by atoms with Gasteiger partial charge in [0, 0.05) is 36.5 Å². The van der Waals surface area contributed by atoms with Crippen LogP contribution in [0.3, 0.4) is 0 Å². The zero-order chi connectivity index (χ0) is 28.1. The van der Waals surface area contributed by atoms with E-state index >= 15 is 0 Å². The minimum atomic E-state index is -1.90. The highest BCUT2D eigenvalue weighted by molar-refractivity contribution is 6.04. The molecule has 0 amide bonds. The summed E-state index contributed by atoms with van der Waals surface area (Å²) in [4.78, 5) is 26.2. The van der Waals surface area contributed by atoms with Crippen LogP contribution in [-0.2, 0) is 14.3 Å². The molecule has 0 aliphatic heterocycles. The van der Waals surface area contributed by atoms with Gasteiger partial charge in [-0.1, -0.05) is 78.4 Å². The van der Waals surface area contributed by atoms with Gasteiger partial charge in [0.05, 0.1) is 12.2 Å². The monoisotopic (exact) mass is 532 g/mol. The van der Waals surface area contributed by atoms with Gasteiger partial charge in [0.2, 0.25) is 0 Å². The zero-order valence-electron chi connectivity index (χ0n) is 23.8. The van der Waals surface area contributed by atoms with Crippen LogP contribution in [0.4, 0.5) is 0 Å². The molecule has 2 fully saturated rings. The average Bonchev–Trinajstić information content (AvgIpc) is 3.01. The number of fused-ring (bicyclic) bond motifs is 5. The molecule has 214 valence electrons. The lowest BCUT2D eigenvalue weighted by atomic mass is 9.38. The molecule has 4 aliphatic carbocycles. The normalized spacial score (nSPS) is 41.2. The van der Waals surface area contributed by atoms with Crippen molar-refractivity contribution in [3.05, 3.63) is 23.3 Å². The number of unbranched alkanes of at least 4 members (excludes halogenated alkanes) is 6. The van der Waals surface area contributed by atoms with E-state index in [0.29, 0.717) is 24.0 Å². The fourth-order valence-electron chi connectivity index (χ4n) is 8.59. The van der Waals surface area contributed by atoms with Gasteiger partial charge in [0.25, 0.3) is 0 Å². The molecular formula is C31H48O7. The summed E-state index contributed by atoms with van der Waals surface area (Å²) in [6.45, 7) is 9.25. The Morgan fingerprint density at radius 3 is 2.29 bits per heavy atom. The van der Waals surface area contributed by atoms with Gasteiger partial charge < -0.3 is 25.2 Å². The lowest BCUT2D eigenvalue weighted by molar-refractivity contribution is -0.331. The zero-order valence-corrected chi connectivity index (χ0v) is 23.8. The molecule has 7 nitrogen and oxygen atoms in total. The van der Waals surface area contributed by atoms with Crippen molar-refractivity contribution in [2.75, 3.05) is 6.61 Å². The van der Waals surface area contributed by atoms with Crippen LogP contribution in [0.1, 0.15) is 98.8 Å². The van der Waals surface area contributed by atoms with Crippen LogP contribution < -0.4 is 0 Å². The molecule has 38 heavy (non-hydrogen) atoms. The van der Waals surface area contributed by atoms with E-state index in [1.165, 1.54) is 19.3 Å². The highest BCUT2D eigenvalue weighted by atomic mass is 16.6. The molecule has 0 aromatic carbocycles. The van der Waals surface area contributed by atoms with E-state index in [4.69, 9.17) is 4.74 Å². The van der Waals surface area contributed by atoms with E-state index in [2.05, 4.69) is 6.92 Å². The second-order valence-electron chi connectivity index (χ2n) is 13.4. The molecule has 0 bridgehead atoms. The maximum absolute atomic E-state index is 13.2. The van der Waals surface area contributed by atoms with E-state index in [-0.39, 0.29) is 25.4 Å². The molecule has 2 unspecified atom stereocenters. The Balaban J connectivity index is 1.63. The van der Waals surface area contributed by atoms with Gasteiger partial charge in [-0.2, -0.15) is 0 Å². The van der Waals surface area contributed by atoms with Crippen LogP contribution in [0.2, 0.25) is 0 Å². The molecule has 0 heterocycles. The summed E-state index contributed by atoms with van der Waals surface area (Å²) in [7, 11) is 0. The van der Waals surface area contributed by atoms with Crippen LogP contribution in [0.15, 0.2) is 23.3 Å². The van der Waals surface area contributed by atoms with Gasteiger partial charge in [-0.25, -0.2) is 0 Å². The lowest BCUT2D eigenvalue weighted by Crippen LogP contribution is -2.79. The van der Waals surface area contributed by atoms with Crippen molar-refractivity contribution in [3.63, 3.8) is 0 Å². The van der Waals surface area contributed by atoms with Crippen LogP contribution in [0.25, 0.3) is 0 Å². The molecule has 0 radical (unpaired) electrons. The van der Waals surface area contributed by atoms with Gasteiger partial charge in [-0.05, 0) is 36.3 Å². The number of Topliss-reactive ketones (excluding diaryl/α,β-unsaturated/α-hetero) is 1. The Bertz CT molecular complexity index is 998. The number of aliphatic hydroxyl groups is 4. The first-order valence-corrected chi connectivity index (χ1v) is 14.7. The van der Waals surface area contributed by atoms with Gasteiger partial charge in [0.1, 0.15) is 17.3 Å². The largest absolute Gasteiger partial charge is 0.459 e. The van der Waals surface area contributed by atoms with E-state index in [0.717, 1.165) is 19.3 Å². The number of carbonyl (C=O) groups excluding carboxylic acids is 2. The SMILES string of the molecule is CCCCCCCCCC(=O)OC1[C@@H](C)[C@]2(O)C3C=C(C)C(=O)[C@@]3(O)CC(CO)=C[C@H]2[C@@H]2C(C)(C)C[C@]12O. The number of esters is 1. The number of rotatable bonds is 10. The number of hydrogen-bond acceptors (Lipinski definition) is 7. The van der Waals surface area contributed by atoms with E-state index < -0.39 is 57.8 Å². The molecule has 8 atom stereocenters. The van der Waals surface area contributed by atoms with Crippen LogP contribution in [0, 0.1) is 29.1 Å². The Hall–Kier alpha value is -1.54. The maximum atomic E-state index is 13.2. The number of aliphatic hydroxyl groups excluding tert-OH is 1. The van der Waals surface area contributed by atoms with Crippen LogP contribution in [-0.4, -0.2) is 61.7 Å². The second kappa shape index (κ2) is 10.5. The van der Waals surface area contributed by atoms with Crippen molar-refractivity contribution in [3.8, 4) is 0 Å². The van der Waals surface area contributed by atoms with Gasteiger partial charge in [0.15, 0.2) is 5.78 Å². The Morgan fingerprint density at radius 2 is 1.68 bits per heavy atom. The highest BCUT2D eigenvalue weighted by Gasteiger charge is 2.77. The summed E-state index contributed by atoms with van der Waals surface area (Å²) >= 11 is 0. The first kappa shape index (κ1) is 29.4. The number of ether oxygens (including phenoxy) is 1.